The lowest BCUT2D eigenvalue weighted by Gasteiger charge is -2.19. The van der Waals surface area contributed by atoms with E-state index in [0.717, 1.165) is 12.1 Å². The number of amides is 1. The highest BCUT2D eigenvalue weighted by atomic mass is 79.9. The molecule has 1 rings (SSSR count). The summed E-state index contributed by atoms with van der Waals surface area (Å²) in [5.41, 5.74) is -0.801. The summed E-state index contributed by atoms with van der Waals surface area (Å²) in [4.78, 5) is 11.9. The van der Waals surface area contributed by atoms with Crippen LogP contribution in [0.1, 0.15) is 29.8 Å². The van der Waals surface area contributed by atoms with Crippen molar-refractivity contribution in [1.82, 2.24) is 5.32 Å². The maximum Gasteiger partial charge on any atom is 0.416 e. The summed E-state index contributed by atoms with van der Waals surface area (Å²) in [6.45, 7) is 3.75. The number of alkyl halides is 4. The molecular weight excluding hydrogens is 323 g/mol. The summed E-state index contributed by atoms with van der Waals surface area (Å²) in [5, 5.41) is 3.39. The molecule has 19 heavy (non-hydrogen) atoms. The van der Waals surface area contributed by atoms with Gasteiger partial charge in [-0.2, -0.15) is 13.2 Å². The topological polar surface area (TPSA) is 29.1 Å². The Hall–Kier alpha value is -1.04. The molecule has 0 aromatic heterocycles. The average Bonchev–Trinajstić information content (AvgIpc) is 2.36. The zero-order valence-electron chi connectivity index (χ0n) is 10.6. The van der Waals surface area contributed by atoms with E-state index in [1.54, 1.807) is 0 Å². The Morgan fingerprint density at radius 1 is 1.37 bits per heavy atom. The lowest BCUT2D eigenvalue weighted by molar-refractivity contribution is -0.137. The number of rotatable bonds is 4. The minimum absolute atomic E-state index is 0.0171. The van der Waals surface area contributed by atoms with Crippen molar-refractivity contribution in [3.05, 3.63) is 35.4 Å². The lowest BCUT2D eigenvalue weighted by atomic mass is 10.1. The van der Waals surface area contributed by atoms with E-state index in [1.165, 1.54) is 12.1 Å². The molecule has 0 aliphatic carbocycles. The summed E-state index contributed by atoms with van der Waals surface area (Å²) in [7, 11) is 0. The van der Waals surface area contributed by atoms with Gasteiger partial charge < -0.3 is 5.32 Å². The molecule has 1 aromatic rings. The fourth-order valence-electron chi connectivity index (χ4n) is 1.40. The first-order valence-electron chi connectivity index (χ1n) is 5.79. The zero-order valence-corrected chi connectivity index (χ0v) is 12.2. The molecule has 1 amide bonds. The highest BCUT2D eigenvalue weighted by molar-refractivity contribution is 9.09. The van der Waals surface area contributed by atoms with Gasteiger partial charge in [0, 0.05) is 16.9 Å². The summed E-state index contributed by atoms with van der Waals surface area (Å²) in [6, 6.07) is 4.29. The van der Waals surface area contributed by atoms with Gasteiger partial charge in [0.2, 0.25) is 0 Å². The van der Waals surface area contributed by atoms with Gasteiger partial charge in [-0.05, 0) is 31.0 Å². The minimum Gasteiger partial charge on any atom is -0.349 e. The predicted octanol–water partition coefficient (Wildman–Crippen LogP) is 3.85. The van der Waals surface area contributed by atoms with Gasteiger partial charge in [0.1, 0.15) is 0 Å². The van der Waals surface area contributed by atoms with E-state index in [-0.39, 0.29) is 17.5 Å². The van der Waals surface area contributed by atoms with Gasteiger partial charge in [0.15, 0.2) is 0 Å². The van der Waals surface area contributed by atoms with Crippen LogP contribution in [0.2, 0.25) is 0 Å². The van der Waals surface area contributed by atoms with E-state index in [1.807, 2.05) is 13.8 Å². The SMILES string of the molecule is CC(CBr)C(C)NC(=O)c1cccc(C(F)(F)F)c1. The van der Waals surface area contributed by atoms with E-state index >= 15 is 0 Å². The summed E-state index contributed by atoms with van der Waals surface area (Å²) >= 11 is 3.30. The molecule has 0 aliphatic rings. The lowest BCUT2D eigenvalue weighted by Crippen LogP contribution is -2.37. The molecule has 1 aromatic carbocycles. The molecule has 2 atom stereocenters. The van der Waals surface area contributed by atoms with Crippen LogP contribution in [0.5, 0.6) is 0 Å². The van der Waals surface area contributed by atoms with Crippen LogP contribution < -0.4 is 5.32 Å². The summed E-state index contributed by atoms with van der Waals surface area (Å²) < 4.78 is 37.6. The third-order valence-corrected chi connectivity index (χ3v) is 3.93. The molecule has 0 spiro atoms. The minimum atomic E-state index is -4.44. The molecule has 0 saturated carbocycles. The van der Waals surface area contributed by atoms with Crippen molar-refractivity contribution in [1.29, 1.82) is 0 Å². The maximum absolute atomic E-state index is 12.5. The number of hydrogen-bond donors (Lipinski definition) is 1. The summed E-state index contributed by atoms with van der Waals surface area (Å²) in [5.74, 6) is -0.304. The standard InChI is InChI=1S/C13H15BrF3NO/c1-8(7-14)9(2)18-12(19)10-4-3-5-11(6-10)13(15,16)17/h3-6,8-9H,7H2,1-2H3,(H,18,19). The van der Waals surface area contributed by atoms with Crippen molar-refractivity contribution >= 4 is 21.8 Å². The van der Waals surface area contributed by atoms with Gasteiger partial charge in [0.05, 0.1) is 5.56 Å². The Kier molecular flexibility index (Phi) is 5.40. The van der Waals surface area contributed by atoms with Gasteiger partial charge in [-0.3, -0.25) is 4.79 Å². The highest BCUT2D eigenvalue weighted by Gasteiger charge is 2.31. The molecule has 0 saturated heterocycles. The van der Waals surface area contributed by atoms with E-state index in [2.05, 4.69) is 21.2 Å². The van der Waals surface area contributed by atoms with E-state index in [0.29, 0.717) is 5.33 Å². The Morgan fingerprint density at radius 3 is 2.53 bits per heavy atom. The van der Waals surface area contributed by atoms with Crippen LogP contribution in [0, 0.1) is 5.92 Å². The van der Waals surface area contributed by atoms with Crippen LogP contribution in [0.15, 0.2) is 24.3 Å². The Balaban J connectivity index is 2.83. The maximum atomic E-state index is 12.5. The number of carbonyl (C=O) groups is 1. The number of hydrogen-bond acceptors (Lipinski definition) is 1. The van der Waals surface area contributed by atoms with Crippen LogP contribution in [0.4, 0.5) is 13.2 Å². The third kappa shape index (κ3) is 4.53. The van der Waals surface area contributed by atoms with Gasteiger partial charge in [0.25, 0.3) is 5.91 Å². The second-order valence-corrected chi connectivity index (χ2v) is 5.12. The van der Waals surface area contributed by atoms with Crippen LogP contribution in [-0.4, -0.2) is 17.3 Å². The number of carbonyl (C=O) groups excluding carboxylic acids is 1. The molecule has 0 bridgehead atoms. The Labute approximate surface area is 118 Å². The van der Waals surface area contributed by atoms with Crippen LogP contribution in [-0.2, 0) is 6.18 Å². The van der Waals surface area contributed by atoms with Gasteiger partial charge in [-0.15, -0.1) is 0 Å². The normalized spacial score (nSPS) is 14.8. The Bertz CT molecular complexity index is 448. The first-order chi connectivity index (χ1) is 8.75. The summed E-state index contributed by atoms with van der Waals surface area (Å²) in [6.07, 6.45) is -4.44. The molecule has 2 nitrogen and oxygen atoms in total. The number of benzene rings is 1. The van der Waals surface area contributed by atoms with Crippen molar-refractivity contribution in [2.24, 2.45) is 5.92 Å². The average molecular weight is 338 g/mol. The third-order valence-electron chi connectivity index (χ3n) is 2.91. The van der Waals surface area contributed by atoms with Crippen molar-refractivity contribution in [3.63, 3.8) is 0 Å². The fourth-order valence-corrected chi connectivity index (χ4v) is 1.96. The Morgan fingerprint density at radius 2 is 2.00 bits per heavy atom. The van der Waals surface area contributed by atoms with Gasteiger partial charge in [-0.1, -0.05) is 28.9 Å². The fraction of sp³-hybridized carbons (Fsp3) is 0.462. The van der Waals surface area contributed by atoms with Crippen LogP contribution in [0.3, 0.4) is 0 Å². The van der Waals surface area contributed by atoms with Gasteiger partial charge in [-0.25, -0.2) is 0 Å². The quantitative estimate of drug-likeness (QED) is 0.830. The molecule has 0 fully saturated rings. The molecule has 0 radical (unpaired) electrons. The molecule has 106 valence electrons. The molecule has 1 N–H and O–H groups in total. The first-order valence-corrected chi connectivity index (χ1v) is 6.92. The number of halogens is 4. The van der Waals surface area contributed by atoms with Crippen molar-refractivity contribution < 1.29 is 18.0 Å². The van der Waals surface area contributed by atoms with E-state index in [4.69, 9.17) is 0 Å². The van der Waals surface area contributed by atoms with Crippen molar-refractivity contribution in [2.75, 3.05) is 5.33 Å². The number of nitrogens with one attached hydrogen (secondary N) is 1. The van der Waals surface area contributed by atoms with Crippen molar-refractivity contribution in [2.45, 2.75) is 26.1 Å². The van der Waals surface area contributed by atoms with Crippen LogP contribution in [0.25, 0.3) is 0 Å². The molecule has 0 aliphatic heterocycles. The predicted molar refractivity (Wildman–Crippen MR) is 71.3 cm³/mol. The van der Waals surface area contributed by atoms with Crippen molar-refractivity contribution in [3.8, 4) is 0 Å². The van der Waals surface area contributed by atoms with Crippen LogP contribution >= 0.6 is 15.9 Å². The van der Waals surface area contributed by atoms with E-state index in [9.17, 15) is 18.0 Å². The molecule has 6 heteroatoms. The highest BCUT2D eigenvalue weighted by Crippen LogP contribution is 2.29. The molecular formula is C13H15BrF3NO. The monoisotopic (exact) mass is 337 g/mol. The largest absolute Gasteiger partial charge is 0.416 e. The first kappa shape index (κ1) is 16.0. The zero-order chi connectivity index (χ0) is 14.6. The van der Waals surface area contributed by atoms with E-state index < -0.39 is 17.6 Å². The smallest absolute Gasteiger partial charge is 0.349 e. The second-order valence-electron chi connectivity index (χ2n) is 4.47. The van der Waals surface area contributed by atoms with Gasteiger partial charge >= 0.3 is 6.18 Å². The second kappa shape index (κ2) is 6.41. The molecule has 0 heterocycles. The molecule has 2 unspecified atom stereocenters.